The molecular formula is C90H163O25P. The number of hydrogen-bond acceptors (Lipinski definition) is 24. The first-order valence-corrected chi connectivity index (χ1v) is 47.6. The molecule has 26 heteroatoms. The quantitative estimate of drug-likeness (QED) is 0.00889. The van der Waals surface area contributed by atoms with Gasteiger partial charge in [0.1, 0.15) is 92.6 Å². The van der Waals surface area contributed by atoms with Crippen LogP contribution < -0.4 is 0 Å². The number of esters is 4. The zero-order chi connectivity index (χ0) is 84.8. The second-order valence-corrected chi connectivity index (χ2v) is 34.5. The highest BCUT2D eigenvalue weighted by Gasteiger charge is 2.60. The average molecular weight is 1680 g/mol. The van der Waals surface area contributed by atoms with Gasteiger partial charge in [0.05, 0.1) is 13.2 Å². The van der Waals surface area contributed by atoms with Crippen LogP contribution in [0.4, 0.5) is 0 Å². The second-order valence-electron chi connectivity index (χ2n) is 33.1. The van der Waals surface area contributed by atoms with Crippen LogP contribution in [0.3, 0.4) is 0 Å². The Labute approximate surface area is 697 Å². The van der Waals surface area contributed by atoms with Crippen LogP contribution in [-0.4, -0.2) is 205 Å². The highest BCUT2D eigenvalue weighted by atomic mass is 31.2. The van der Waals surface area contributed by atoms with Crippen LogP contribution in [0.15, 0.2) is 36.5 Å². The summed E-state index contributed by atoms with van der Waals surface area (Å²) in [5.41, 5.74) is 0. The van der Waals surface area contributed by atoms with E-state index in [1.54, 1.807) is 0 Å². The van der Waals surface area contributed by atoms with Crippen LogP contribution in [0, 0.1) is 5.92 Å². The number of ether oxygens (including phenoxy) is 8. The minimum absolute atomic E-state index is 0.00791. The summed E-state index contributed by atoms with van der Waals surface area (Å²) in [5, 5.41) is 102. The highest BCUT2D eigenvalue weighted by molar-refractivity contribution is 7.47. The normalized spacial score (nSPS) is 25.6. The lowest BCUT2D eigenvalue weighted by Crippen LogP contribution is -2.70. The monoisotopic (exact) mass is 1680 g/mol. The topological polar surface area (TPSA) is 380 Å². The predicted octanol–water partition coefficient (Wildman–Crippen LogP) is 16.6. The summed E-state index contributed by atoms with van der Waals surface area (Å²) < 4.78 is 73.3. The van der Waals surface area contributed by atoms with E-state index >= 15 is 0 Å². The molecule has 25 nitrogen and oxygen atoms in total. The number of aliphatic hydroxyl groups excluding tert-OH is 9. The predicted molar refractivity (Wildman–Crippen MR) is 449 cm³/mol. The molecule has 116 heavy (non-hydrogen) atoms. The number of aliphatic hydroxyl groups is 9. The Morgan fingerprint density at radius 1 is 0.362 bits per heavy atom. The Balaban J connectivity index is 1.95. The molecule has 3 rings (SSSR count). The molecule has 1 saturated carbocycles. The third-order valence-electron chi connectivity index (χ3n) is 22.5. The third-order valence-corrected chi connectivity index (χ3v) is 23.5. The van der Waals surface area contributed by atoms with E-state index in [4.69, 9.17) is 46.9 Å². The first-order chi connectivity index (χ1) is 56.1. The molecule has 2 heterocycles. The van der Waals surface area contributed by atoms with E-state index in [2.05, 4.69) is 71.1 Å². The summed E-state index contributed by atoms with van der Waals surface area (Å²) >= 11 is 0. The van der Waals surface area contributed by atoms with Gasteiger partial charge in [0.2, 0.25) is 0 Å². The van der Waals surface area contributed by atoms with E-state index in [0.29, 0.717) is 50.9 Å². The van der Waals surface area contributed by atoms with Crippen LogP contribution in [0.1, 0.15) is 375 Å². The third kappa shape index (κ3) is 48.5. The minimum Gasteiger partial charge on any atom is -0.463 e. The number of unbranched alkanes of at least 4 members (excludes halogenated alkanes) is 39. The molecule has 0 aromatic carbocycles. The second kappa shape index (κ2) is 68.2. The van der Waals surface area contributed by atoms with Crippen molar-refractivity contribution in [3.05, 3.63) is 36.5 Å². The number of rotatable bonds is 73. The Kier molecular flexibility index (Phi) is 62.8. The van der Waals surface area contributed by atoms with Gasteiger partial charge in [-0.15, -0.1) is 0 Å². The summed E-state index contributed by atoms with van der Waals surface area (Å²) in [6.07, 6.45) is 27.4. The molecule has 0 amide bonds. The molecule has 0 aromatic heterocycles. The Morgan fingerprint density at radius 3 is 1.13 bits per heavy atom. The van der Waals surface area contributed by atoms with E-state index in [0.717, 1.165) is 135 Å². The van der Waals surface area contributed by atoms with Crippen LogP contribution >= 0.6 is 7.82 Å². The molecule has 10 N–H and O–H groups in total. The van der Waals surface area contributed by atoms with Crippen LogP contribution in [0.25, 0.3) is 0 Å². The van der Waals surface area contributed by atoms with Gasteiger partial charge in [-0.2, -0.15) is 0 Å². The van der Waals surface area contributed by atoms with Crippen LogP contribution in [0.5, 0.6) is 0 Å². The zero-order valence-corrected chi connectivity index (χ0v) is 73.1. The van der Waals surface area contributed by atoms with Crippen LogP contribution in [0.2, 0.25) is 0 Å². The molecule has 1 aliphatic carbocycles. The Bertz CT molecular complexity index is 2580. The van der Waals surface area contributed by atoms with E-state index in [9.17, 15) is 74.6 Å². The fourth-order valence-corrected chi connectivity index (χ4v) is 16.0. The van der Waals surface area contributed by atoms with Crippen molar-refractivity contribution in [2.45, 2.75) is 479 Å². The van der Waals surface area contributed by atoms with Gasteiger partial charge in [0.25, 0.3) is 0 Å². The maximum Gasteiger partial charge on any atom is 0.472 e. The molecule has 2 aliphatic heterocycles. The van der Waals surface area contributed by atoms with E-state index in [1.165, 1.54) is 135 Å². The Morgan fingerprint density at radius 2 is 0.698 bits per heavy atom. The minimum atomic E-state index is -5.81. The maximum absolute atomic E-state index is 14.9. The lowest BCUT2D eigenvalue weighted by molar-refractivity contribution is -0.360. The molecule has 2 saturated heterocycles. The molecule has 19 unspecified atom stereocenters. The fraction of sp³-hybridized carbons (Fsp3) is 0.889. The van der Waals surface area contributed by atoms with Gasteiger partial charge >= 0.3 is 31.7 Å². The van der Waals surface area contributed by atoms with Crippen molar-refractivity contribution in [2.24, 2.45) is 5.92 Å². The molecule has 19 atom stereocenters. The van der Waals surface area contributed by atoms with Gasteiger partial charge < -0.3 is 88.7 Å². The van der Waals surface area contributed by atoms with Gasteiger partial charge in [-0.05, 0) is 109 Å². The van der Waals surface area contributed by atoms with E-state index < -0.39 is 162 Å². The maximum atomic E-state index is 14.9. The fourth-order valence-electron chi connectivity index (χ4n) is 15.0. The Hall–Kier alpha value is -3.31. The van der Waals surface area contributed by atoms with Crippen LogP contribution in [-0.2, 0) is 70.7 Å². The smallest absolute Gasteiger partial charge is 0.463 e. The SMILES string of the molecule is CCCCCC/C=C\CCCCCCCCCC(=O)OC(COC(=O)CCCCC/C=C\CCCCCCCC)COP(=O)(O)OC1C(OC2OC(CO)C(O)C(O)C2O)C(O)C(O)C(OC(=O)CCCCCCCCC(C)CCCCCCCC)C1OC1OC(COC(=O)CCCCC/C=C\CCCCCCCC)C(O)C(O)C1O. The average Bonchev–Trinajstić information content (AvgIpc) is 0.754. The standard InChI is InChI=1S/C90H163O25P/c1-6-10-14-18-22-25-28-31-32-35-38-41-44-51-57-63-75(94)109-70(66-106-73(92)61-55-49-42-39-36-33-29-26-23-19-15-11-7-2)67-108-116(104,105)115-88-86(113-89-83(102)79(98)77(96)71(65-91)110-89)82(101)81(100)85(112-76(95)64-58-52-46-45-48-54-60-69(5)59-53-47-21-17-13-9-4)87(88)114-90-84(103)80(99)78(97)72(111-90)68-107-74(93)62-56-50-43-40-37-34-30-27-24-20-16-12-8-3/h25,28,33-34,36-37,69-72,77-91,96-103H,6-24,26-27,29-32,35,38-68H2,1-5H3,(H,104,105)/b28-25-,36-33-,37-34-. The summed E-state index contributed by atoms with van der Waals surface area (Å²) in [5.74, 6) is -2.39. The molecule has 0 aromatic rings. The number of phosphoric ester groups is 1. The summed E-state index contributed by atoms with van der Waals surface area (Å²) in [7, 11) is -5.81. The van der Waals surface area contributed by atoms with Gasteiger partial charge in [-0.1, -0.05) is 283 Å². The molecule has 678 valence electrons. The largest absolute Gasteiger partial charge is 0.472 e. The molecular weight excluding hydrogens is 1510 g/mol. The summed E-state index contributed by atoms with van der Waals surface area (Å²) in [6, 6.07) is 0. The van der Waals surface area contributed by atoms with Gasteiger partial charge in [-0.3, -0.25) is 28.2 Å². The number of phosphoric acid groups is 1. The van der Waals surface area contributed by atoms with Crippen molar-refractivity contribution >= 4 is 31.7 Å². The lowest BCUT2D eigenvalue weighted by Gasteiger charge is -2.50. The van der Waals surface area contributed by atoms with Gasteiger partial charge in [0, 0.05) is 25.7 Å². The lowest BCUT2D eigenvalue weighted by atomic mass is 9.84. The first kappa shape index (κ1) is 107. The van der Waals surface area contributed by atoms with Crippen molar-refractivity contribution < 1.29 is 122 Å². The van der Waals surface area contributed by atoms with Crippen molar-refractivity contribution in [1.29, 1.82) is 0 Å². The van der Waals surface area contributed by atoms with E-state index in [-0.39, 0.29) is 25.7 Å². The van der Waals surface area contributed by atoms with Crippen molar-refractivity contribution in [2.75, 3.05) is 26.4 Å². The highest BCUT2D eigenvalue weighted by Crippen LogP contribution is 2.49. The number of carbonyl (C=O) groups excluding carboxylic acids is 4. The van der Waals surface area contributed by atoms with Gasteiger partial charge in [-0.25, -0.2) is 4.57 Å². The molecule has 0 radical (unpaired) electrons. The van der Waals surface area contributed by atoms with Crippen molar-refractivity contribution in [1.82, 2.24) is 0 Å². The summed E-state index contributed by atoms with van der Waals surface area (Å²) in [6.45, 7) is 7.81. The van der Waals surface area contributed by atoms with E-state index in [1.807, 2.05) is 0 Å². The molecule has 3 fully saturated rings. The molecule has 0 bridgehead atoms. The van der Waals surface area contributed by atoms with Crippen molar-refractivity contribution in [3.8, 4) is 0 Å². The molecule has 0 spiro atoms. The van der Waals surface area contributed by atoms with Crippen molar-refractivity contribution in [3.63, 3.8) is 0 Å². The van der Waals surface area contributed by atoms with Gasteiger partial charge in [0.15, 0.2) is 24.8 Å². The number of allylic oxidation sites excluding steroid dienone is 6. The molecule has 3 aliphatic rings. The first-order valence-electron chi connectivity index (χ1n) is 46.1. The number of carbonyl (C=O) groups is 4. The summed E-state index contributed by atoms with van der Waals surface area (Å²) in [4.78, 5) is 66.4. The number of hydrogen-bond donors (Lipinski definition) is 10. The zero-order valence-electron chi connectivity index (χ0n) is 72.2.